The minimum atomic E-state index is -0.920. The summed E-state index contributed by atoms with van der Waals surface area (Å²) in [5, 5.41) is 8.69. The number of rotatable bonds is 3. The summed E-state index contributed by atoms with van der Waals surface area (Å²) < 4.78 is 5.54. The van der Waals surface area contributed by atoms with Crippen LogP contribution in [-0.2, 0) is 9.53 Å². The van der Waals surface area contributed by atoms with Gasteiger partial charge in [0.15, 0.2) is 0 Å². The first-order chi connectivity index (χ1) is 6.49. The number of nitrogens with zero attached hydrogens (tertiary/aromatic N) is 1. The fraction of sp³-hybridized carbons (Fsp3) is 0.700. The van der Waals surface area contributed by atoms with Crippen LogP contribution in [0.25, 0.3) is 0 Å². The minimum absolute atomic E-state index is 0.167. The Hall–Kier alpha value is -0.870. The summed E-state index contributed by atoms with van der Waals surface area (Å²) >= 11 is 0. The quantitative estimate of drug-likeness (QED) is 0.681. The second kappa shape index (κ2) is 4.57. The normalized spacial score (nSPS) is 28.7. The van der Waals surface area contributed by atoms with Gasteiger partial charge in [0, 0.05) is 25.2 Å². The van der Waals surface area contributed by atoms with Gasteiger partial charge in [-0.2, -0.15) is 0 Å². The molecule has 0 aromatic heterocycles. The Morgan fingerprint density at radius 2 is 2.00 bits per heavy atom. The van der Waals surface area contributed by atoms with Crippen molar-refractivity contribution in [1.29, 1.82) is 0 Å². The maximum absolute atomic E-state index is 10.6. The summed E-state index contributed by atoms with van der Waals surface area (Å²) in [6.07, 6.45) is 0.334. The Morgan fingerprint density at radius 3 is 2.43 bits per heavy atom. The van der Waals surface area contributed by atoms with E-state index in [-0.39, 0.29) is 17.8 Å². The molecule has 0 saturated carbocycles. The van der Waals surface area contributed by atoms with E-state index in [1.54, 1.807) is 0 Å². The Bertz CT molecular complexity index is 230. The van der Waals surface area contributed by atoms with Crippen LogP contribution in [0.5, 0.6) is 0 Å². The van der Waals surface area contributed by atoms with Crippen molar-refractivity contribution >= 4 is 5.97 Å². The van der Waals surface area contributed by atoms with Crippen molar-refractivity contribution < 1.29 is 14.6 Å². The maximum atomic E-state index is 10.6. The molecular formula is C10H17NO3. The van der Waals surface area contributed by atoms with Gasteiger partial charge in [-0.05, 0) is 13.8 Å². The average Bonchev–Trinajstić information content (AvgIpc) is 2.01. The van der Waals surface area contributed by atoms with Crippen LogP contribution in [0.3, 0.4) is 0 Å². The van der Waals surface area contributed by atoms with Crippen molar-refractivity contribution in [1.82, 2.24) is 4.90 Å². The number of hydrogen-bond donors (Lipinski definition) is 1. The van der Waals surface area contributed by atoms with E-state index in [9.17, 15) is 4.79 Å². The third-order valence-corrected chi connectivity index (χ3v) is 2.21. The first-order valence-electron chi connectivity index (χ1n) is 4.78. The fourth-order valence-electron chi connectivity index (χ4n) is 1.75. The lowest BCUT2D eigenvalue weighted by molar-refractivity contribution is -0.133. The summed E-state index contributed by atoms with van der Waals surface area (Å²) in [5.74, 6) is -0.920. The van der Waals surface area contributed by atoms with Gasteiger partial charge in [-0.3, -0.25) is 4.90 Å². The van der Waals surface area contributed by atoms with Crippen LogP contribution in [0.4, 0.5) is 0 Å². The molecule has 4 heteroatoms. The van der Waals surface area contributed by atoms with Gasteiger partial charge in [-0.15, -0.1) is 0 Å². The molecule has 1 fully saturated rings. The van der Waals surface area contributed by atoms with Gasteiger partial charge in [0.1, 0.15) is 0 Å². The summed E-state index contributed by atoms with van der Waals surface area (Å²) in [4.78, 5) is 12.6. The zero-order valence-electron chi connectivity index (χ0n) is 8.69. The molecule has 0 aromatic carbocycles. The lowest BCUT2D eigenvalue weighted by Gasteiger charge is -2.35. The fourth-order valence-corrected chi connectivity index (χ4v) is 1.75. The minimum Gasteiger partial charge on any atom is -0.478 e. The highest BCUT2D eigenvalue weighted by Crippen LogP contribution is 2.11. The van der Waals surface area contributed by atoms with Gasteiger partial charge in [0.25, 0.3) is 0 Å². The molecule has 2 atom stereocenters. The predicted molar refractivity (Wildman–Crippen MR) is 53.2 cm³/mol. The topological polar surface area (TPSA) is 49.8 Å². The smallest absolute Gasteiger partial charge is 0.332 e. The Labute approximate surface area is 84.2 Å². The maximum Gasteiger partial charge on any atom is 0.332 e. The second-order valence-electron chi connectivity index (χ2n) is 3.86. The average molecular weight is 199 g/mol. The highest BCUT2D eigenvalue weighted by atomic mass is 16.5. The number of morpholine rings is 1. The molecular weight excluding hydrogens is 182 g/mol. The van der Waals surface area contributed by atoms with Gasteiger partial charge >= 0.3 is 5.97 Å². The number of carboxylic acid groups (broad SMARTS) is 1. The third-order valence-electron chi connectivity index (χ3n) is 2.21. The van der Waals surface area contributed by atoms with Gasteiger partial charge in [0.05, 0.1) is 12.2 Å². The van der Waals surface area contributed by atoms with Gasteiger partial charge in [-0.1, -0.05) is 6.58 Å². The van der Waals surface area contributed by atoms with Crippen LogP contribution in [0.2, 0.25) is 0 Å². The number of carbonyl (C=O) groups is 1. The van der Waals surface area contributed by atoms with Crippen LogP contribution in [0, 0.1) is 0 Å². The number of ether oxygens (including phenoxy) is 1. The van der Waals surface area contributed by atoms with Crippen molar-refractivity contribution in [2.24, 2.45) is 0 Å². The second-order valence-corrected chi connectivity index (χ2v) is 3.86. The third kappa shape index (κ3) is 3.12. The molecule has 4 nitrogen and oxygen atoms in total. The van der Waals surface area contributed by atoms with E-state index in [1.807, 2.05) is 13.8 Å². The first kappa shape index (κ1) is 11.2. The SMILES string of the molecule is C=C(CN1CC(C)OC(C)C1)C(=O)O. The molecule has 80 valence electrons. The molecule has 1 heterocycles. The Kier molecular flexibility index (Phi) is 3.66. The Balaban J connectivity index is 2.44. The van der Waals surface area contributed by atoms with E-state index in [2.05, 4.69) is 11.5 Å². The molecule has 1 saturated heterocycles. The summed E-state index contributed by atoms with van der Waals surface area (Å²) in [6.45, 7) is 9.47. The van der Waals surface area contributed by atoms with Crippen LogP contribution < -0.4 is 0 Å². The molecule has 1 N–H and O–H groups in total. The van der Waals surface area contributed by atoms with Gasteiger partial charge in [0.2, 0.25) is 0 Å². The van der Waals surface area contributed by atoms with Crippen molar-refractivity contribution in [3.05, 3.63) is 12.2 Å². The van der Waals surface area contributed by atoms with Crippen molar-refractivity contribution in [3.8, 4) is 0 Å². The zero-order chi connectivity index (χ0) is 10.7. The molecule has 0 spiro atoms. The molecule has 0 bridgehead atoms. The molecule has 0 aromatic rings. The van der Waals surface area contributed by atoms with Crippen LogP contribution in [-0.4, -0.2) is 47.8 Å². The molecule has 2 unspecified atom stereocenters. The summed E-state index contributed by atoms with van der Waals surface area (Å²) in [7, 11) is 0. The van der Waals surface area contributed by atoms with Crippen LogP contribution >= 0.6 is 0 Å². The van der Waals surface area contributed by atoms with Crippen molar-refractivity contribution in [2.45, 2.75) is 26.1 Å². The van der Waals surface area contributed by atoms with E-state index in [1.165, 1.54) is 0 Å². The molecule has 0 radical (unpaired) electrons. The molecule has 1 rings (SSSR count). The van der Waals surface area contributed by atoms with Gasteiger partial charge < -0.3 is 9.84 Å². The molecule has 1 aliphatic rings. The molecule has 14 heavy (non-hydrogen) atoms. The van der Waals surface area contributed by atoms with E-state index < -0.39 is 5.97 Å². The number of carboxylic acids is 1. The van der Waals surface area contributed by atoms with E-state index in [4.69, 9.17) is 9.84 Å². The monoisotopic (exact) mass is 199 g/mol. The summed E-state index contributed by atoms with van der Waals surface area (Å²) in [5.41, 5.74) is 0.242. The molecule has 0 amide bonds. The Morgan fingerprint density at radius 1 is 1.50 bits per heavy atom. The molecule has 1 aliphatic heterocycles. The first-order valence-corrected chi connectivity index (χ1v) is 4.78. The van der Waals surface area contributed by atoms with Crippen molar-refractivity contribution in [3.63, 3.8) is 0 Å². The van der Waals surface area contributed by atoms with E-state index in [0.717, 1.165) is 13.1 Å². The lowest BCUT2D eigenvalue weighted by Crippen LogP contribution is -2.46. The summed E-state index contributed by atoms with van der Waals surface area (Å²) in [6, 6.07) is 0. The largest absolute Gasteiger partial charge is 0.478 e. The van der Waals surface area contributed by atoms with Gasteiger partial charge in [-0.25, -0.2) is 4.79 Å². The standard InChI is InChI=1S/C10H17NO3/c1-7(10(12)13)4-11-5-8(2)14-9(3)6-11/h8-9H,1,4-6H2,2-3H3,(H,12,13). The predicted octanol–water partition coefficient (Wildman–Crippen LogP) is 0.736. The lowest BCUT2D eigenvalue weighted by atomic mass is 10.2. The molecule has 0 aliphatic carbocycles. The van der Waals surface area contributed by atoms with Crippen LogP contribution in [0.15, 0.2) is 12.2 Å². The number of hydrogen-bond acceptors (Lipinski definition) is 3. The highest BCUT2D eigenvalue weighted by Gasteiger charge is 2.23. The zero-order valence-corrected chi connectivity index (χ0v) is 8.69. The van der Waals surface area contributed by atoms with E-state index in [0.29, 0.717) is 6.54 Å². The van der Waals surface area contributed by atoms with E-state index >= 15 is 0 Å². The number of aliphatic carboxylic acids is 1. The van der Waals surface area contributed by atoms with Crippen LogP contribution in [0.1, 0.15) is 13.8 Å². The highest BCUT2D eigenvalue weighted by molar-refractivity contribution is 5.86. The van der Waals surface area contributed by atoms with Crippen molar-refractivity contribution in [2.75, 3.05) is 19.6 Å².